The van der Waals surface area contributed by atoms with Crippen LogP contribution in [0.15, 0.2) is 48.5 Å². The molecule has 0 N–H and O–H groups in total. The highest BCUT2D eigenvalue weighted by Crippen LogP contribution is 2.31. The van der Waals surface area contributed by atoms with Gasteiger partial charge in [0.1, 0.15) is 11.5 Å². The fraction of sp³-hybridized carbons (Fsp3) is 0.0714. The Morgan fingerprint density at radius 1 is 0.947 bits per heavy atom. The average molecular weight is 263 g/mol. The molecule has 0 aliphatic carbocycles. The van der Waals surface area contributed by atoms with E-state index in [4.69, 9.17) is 10.00 Å². The molecule has 0 saturated heterocycles. The molecule has 5 heteroatoms. The van der Waals surface area contributed by atoms with Crippen molar-refractivity contribution in [2.45, 2.75) is 6.18 Å². The van der Waals surface area contributed by atoms with E-state index in [2.05, 4.69) is 0 Å². The van der Waals surface area contributed by atoms with Gasteiger partial charge in [-0.1, -0.05) is 6.07 Å². The van der Waals surface area contributed by atoms with Gasteiger partial charge >= 0.3 is 6.18 Å². The van der Waals surface area contributed by atoms with Crippen LogP contribution in [0.3, 0.4) is 0 Å². The molecule has 96 valence electrons. The summed E-state index contributed by atoms with van der Waals surface area (Å²) in [6.45, 7) is 0. The first-order valence-corrected chi connectivity index (χ1v) is 5.34. The fourth-order valence-corrected chi connectivity index (χ4v) is 1.48. The van der Waals surface area contributed by atoms with Gasteiger partial charge in [-0.2, -0.15) is 18.4 Å². The van der Waals surface area contributed by atoms with Crippen molar-refractivity contribution in [3.8, 4) is 17.6 Å². The molecule has 0 aliphatic heterocycles. The fourth-order valence-electron chi connectivity index (χ4n) is 1.48. The second-order valence-corrected chi connectivity index (χ2v) is 3.76. The molecule has 0 aliphatic rings. The van der Waals surface area contributed by atoms with Gasteiger partial charge in [-0.15, -0.1) is 0 Å². The molecule has 0 heterocycles. The van der Waals surface area contributed by atoms with Gasteiger partial charge in [0.05, 0.1) is 17.2 Å². The number of hydrogen-bond donors (Lipinski definition) is 0. The van der Waals surface area contributed by atoms with Crippen LogP contribution in [-0.4, -0.2) is 0 Å². The molecule has 0 atom stereocenters. The summed E-state index contributed by atoms with van der Waals surface area (Å²) in [5, 5.41) is 8.72. The van der Waals surface area contributed by atoms with Gasteiger partial charge in [0, 0.05) is 0 Å². The standard InChI is InChI=1S/C14H8F3NO/c15-14(16,17)11-4-6-12(7-5-11)19-13-3-1-2-10(8-13)9-18/h1-8H. The summed E-state index contributed by atoms with van der Waals surface area (Å²) in [4.78, 5) is 0. The van der Waals surface area contributed by atoms with Gasteiger partial charge in [0.2, 0.25) is 0 Å². The zero-order valence-electron chi connectivity index (χ0n) is 9.61. The largest absolute Gasteiger partial charge is 0.457 e. The minimum Gasteiger partial charge on any atom is -0.457 e. The van der Waals surface area contributed by atoms with E-state index < -0.39 is 11.7 Å². The Kier molecular flexibility index (Phi) is 3.43. The Labute approximate surface area is 107 Å². The maximum Gasteiger partial charge on any atom is 0.416 e. The van der Waals surface area contributed by atoms with E-state index in [-0.39, 0.29) is 5.75 Å². The summed E-state index contributed by atoms with van der Waals surface area (Å²) in [6.07, 6.45) is -4.36. The van der Waals surface area contributed by atoms with Crippen LogP contribution in [-0.2, 0) is 6.18 Å². The van der Waals surface area contributed by atoms with E-state index in [0.717, 1.165) is 12.1 Å². The number of nitrogens with zero attached hydrogens (tertiary/aromatic N) is 1. The molecule has 0 aromatic heterocycles. The lowest BCUT2D eigenvalue weighted by atomic mass is 10.2. The molecule has 2 nitrogen and oxygen atoms in total. The van der Waals surface area contributed by atoms with Gasteiger partial charge in [-0.05, 0) is 42.5 Å². The van der Waals surface area contributed by atoms with E-state index in [1.807, 2.05) is 6.07 Å². The lowest BCUT2D eigenvalue weighted by Gasteiger charge is -2.09. The van der Waals surface area contributed by atoms with Gasteiger partial charge in [-0.25, -0.2) is 0 Å². The molecular weight excluding hydrogens is 255 g/mol. The highest BCUT2D eigenvalue weighted by molar-refractivity contribution is 5.39. The topological polar surface area (TPSA) is 33.0 Å². The third-order valence-corrected chi connectivity index (χ3v) is 2.38. The molecule has 0 fully saturated rings. The highest BCUT2D eigenvalue weighted by atomic mass is 19.4. The minimum atomic E-state index is -4.36. The number of halogens is 3. The normalized spacial score (nSPS) is 10.8. The van der Waals surface area contributed by atoms with Crippen molar-refractivity contribution in [2.75, 3.05) is 0 Å². The zero-order valence-corrected chi connectivity index (χ0v) is 9.61. The van der Waals surface area contributed by atoms with Crippen LogP contribution in [0.5, 0.6) is 11.5 Å². The lowest BCUT2D eigenvalue weighted by Crippen LogP contribution is -2.03. The van der Waals surface area contributed by atoms with Crippen LogP contribution in [0.4, 0.5) is 13.2 Å². The van der Waals surface area contributed by atoms with Crippen molar-refractivity contribution in [3.05, 3.63) is 59.7 Å². The zero-order chi connectivity index (χ0) is 13.9. The first kappa shape index (κ1) is 13.0. The van der Waals surface area contributed by atoms with Crippen LogP contribution in [0.1, 0.15) is 11.1 Å². The monoisotopic (exact) mass is 263 g/mol. The number of nitriles is 1. The summed E-state index contributed by atoms with van der Waals surface area (Å²) in [6, 6.07) is 12.7. The van der Waals surface area contributed by atoms with Crippen LogP contribution < -0.4 is 4.74 Å². The molecule has 2 rings (SSSR count). The minimum absolute atomic E-state index is 0.281. The predicted octanol–water partition coefficient (Wildman–Crippen LogP) is 4.37. The van der Waals surface area contributed by atoms with Crippen molar-refractivity contribution < 1.29 is 17.9 Å². The second kappa shape index (κ2) is 5.02. The first-order valence-electron chi connectivity index (χ1n) is 5.34. The molecule has 0 spiro atoms. The molecule has 2 aromatic carbocycles. The third-order valence-electron chi connectivity index (χ3n) is 2.38. The second-order valence-electron chi connectivity index (χ2n) is 3.76. The Morgan fingerprint density at radius 2 is 1.63 bits per heavy atom. The third kappa shape index (κ3) is 3.26. The van der Waals surface area contributed by atoms with Crippen LogP contribution >= 0.6 is 0 Å². The average Bonchev–Trinajstić information content (AvgIpc) is 2.38. The smallest absolute Gasteiger partial charge is 0.416 e. The number of rotatable bonds is 2. The Bertz CT molecular complexity index is 612. The van der Waals surface area contributed by atoms with Crippen molar-refractivity contribution in [1.29, 1.82) is 5.26 Å². The number of hydrogen-bond acceptors (Lipinski definition) is 2. The maximum absolute atomic E-state index is 12.4. The highest BCUT2D eigenvalue weighted by Gasteiger charge is 2.30. The van der Waals surface area contributed by atoms with E-state index in [0.29, 0.717) is 11.3 Å². The van der Waals surface area contributed by atoms with Gasteiger partial charge in [0.15, 0.2) is 0 Å². The molecule has 0 bridgehead atoms. The number of ether oxygens (including phenoxy) is 1. The van der Waals surface area contributed by atoms with Crippen LogP contribution in [0.2, 0.25) is 0 Å². The number of benzene rings is 2. The van der Waals surface area contributed by atoms with Crippen LogP contribution in [0, 0.1) is 11.3 Å². The molecular formula is C14H8F3NO. The van der Waals surface area contributed by atoms with Crippen molar-refractivity contribution in [3.63, 3.8) is 0 Å². The predicted molar refractivity (Wildman–Crippen MR) is 62.7 cm³/mol. The summed E-state index contributed by atoms with van der Waals surface area (Å²) >= 11 is 0. The van der Waals surface area contributed by atoms with E-state index in [1.54, 1.807) is 18.2 Å². The molecule has 2 aromatic rings. The maximum atomic E-state index is 12.4. The molecule has 0 amide bonds. The van der Waals surface area contributed by atoms with Gasteiger partial charge in [0.25, 0.3) is 0 Å². The van der Waals surface area contributed by atoms with Gasteiger partial charge in [-0.3, -0.25) is 0 Å². The molecule has 0 saturated carbocycles. The molecule has 0 radical (unpaired) electrons. The van der Waals surface area contributed by atoms with Crippen molar-refractivity contribution in [1.82, 2.24) is 0 Å². The summed E-state index contributed by atoms with van der Waals surface area (Å²) in [7, 11) is 0. The van der Waals surface area contributed by atoms with Crippen LogP contribution in [0.25, 0.3) is 0 Å². The van der Waals surface area contributed by atoms with E-state index in [1.165, 1.54) is 18.2 Å². The van der Waals surface area contributed by atoms with Gasteiger partial charge < -0.3 is 4.74 Å². The molecule has 19 heavy (non-hydrogen) atoms. The summed E-state index contributed by atoms with van der Waals surface area (Å²) < 4.78 is 42.5. The quantitative estimate of drug-likeness (QED) is 0.806. The molecule has 0 unspecified atom stereocenters. The van der Waals surface area contributed by atoms with Crippen molar-refractivity contribution >= 4 is 0 Å². The number of alkyl halides is 3. The first-order chi connectivity index (χ1) is 8.99. The Hall–Kier alpha value is -2.48. The summed E-state index contributed by atoms with van der Waals surface area (Å²) in [5.74, 6) is 0.682. The Morgan fingerprint density at radius 3 is 2.21 bits per heavy atom. The Balaban J connectivity index is 2.18. The van der Waals surface area contributed by atoms with E-state index >= 15 is 0 Å². The SMILES string of the molecule is N#Cc1cccc(Oc2ccc(C(F)(F)F)cc2)c1. The lowest BCUT2D eigenvalue weighted by molar-refractivity contribution is -0.137. The van der Waals surface area contributed by atoms with E-state index in [9.17, 15) is 13.2 Å². The van der Waals surface area contributed by atoms with Crippen molar-refractivity contribution in [2.24, 2.45) is 0 Å². The summed E-state index contributed by atoms with van der Waals surface area (Å²) in [5.41, 5.74) is -0.310.